The minimum Gasteiger partial charge on any atom is -0.370 e. The Morgan fingerprint density at radius 1 is 1.04 bits per heavy atom. The molecule has 0 heterocycles. The van der Waals surface area contributed by atoms with E-state index < -0.39 is 11.8 Å². The second-order valence-corrected chi connectivity index (χ2v) is 5.39. The Balaban J connectivity index is -0.000000234. The summed E-state index contributed by atoms with van der Waals surface area (Å²) in [4.78, 5) is 33.6. The molecule has 0 aromatic heterocycles. The third-order valence-corrected chi connectivity index (χ3v) is 2.28. The molecule has 7 heteroatoms. The number of nitrogens with one attached hydrogen (secondary N) is 3. The topological polar surface area (TPSA) is 125 Å². The molecule has 0 bridgehead atoms. The average molecular weight is 361 g/mol. The van der Waals surface area contributed by atoms with Crippen molar-refractivity contribution in [2.24, 2.45) is 17.6 Å². The molecule has 0 rings (SSSR count). The Bertz CT molecular complexity index is 365. The van der Waals surface area contributed by atoms with Gasteiger partial charge in [0.1, 0.15) is 0 Å². The van der Waals surface area contributed by atoms with Gasteiger partial charge >= 0.3 is 0 Å². The second kappa shape index (κ2) is 22.1. The Morgan fingerprint density at radius 2 is 1.44 bits per heavy atom. The van der Waals surface area contributed by atoms with Crippen molar-refractivity contribution in [3.05, 3.63) is 0 Å². The van der Waals surface area contributed by atoms with Gasteiger partial charge < -0.3 is 21.8 Å². The Kier molecular flexibility index (Phi) is 27.3. The third kappa shape index (κ3) is 30.5. The van der Waals surface area contributed by atoms with Gasteiger partial charge in [0.2, 0.25) is 17.7 Å². The summed E-state index contributed by atoms with van der Waals surface area (Å²) in [6, 6.07) is 0. The van der Waals surface area contributed by atoms with E-state index in [1.54, 1.807) is 13.8 Å². The van der Waals surface area contributed by atoms with Crippen molar-refractivity contribution >= 4 is 23.4 Å². The minimum absolute atomic E-state index is 0.0117. The smallest absolute Gasteiger partial charge is 0.239 e. The summed E-state index contributed by atoms with van der Waals surface area (Å²) in [5, 5.41) is 11.4. The first kappa shape index (κ1) is 30.9. The van der Waals surface area contributed by atoms with Gasteiger partial charge in [0, 0.05) is 25.1 Å². The van der Waals surface area contributed by atoms with Crippen LogP contribution < -0.4 is 16.4 Å². The number of likely N-dealkylation sites (N-methyl/N-ethyl adjacent to an activating group) is 1. The highest BCUT2D eigenvalue weighted by Crippen LogP contribution is 2.15. The van der Waals surface area contributed by atoms with E-state index in [2.05, 4.69) is 10.6 Å². The van der Waals surface area contributed by atoms with Gasteiger partial charge in [-0.2, -0.15) is 0 Å². The molecule has 0 unspecified atom stereocenters. The van der Waals surface area contributed by atoms with Gasteiger partial charge in [-0.25, -0.2) is 0 Å². The largest absolute Gasteiger partial charge is 0.370 e. The Hall–Kier alpha value is -1.92. The number of hydrogen-bond acceptors (Lipinski definition) is 4. The van der Waals surface area contributed by atoms with Crippen molar-refractivity contribution in [1.82, 2.24) is 10.6 Å². The van der Waals surface area contributed by atoms with Crippen LogP contribution in [0.4, 0.5) is 0 Å². The molecular weight excluding hydrogens is 320 g/mol. The molecular formula is C18H40N4O3. The van der Waals surface area contributed by atoms with Crippen LogP contribution in [0.25, 0.3) is 0 Å². The molecule has 0 saturated carbocycles. The van der Waals surface area contributed by atoms with Crippen LogP contribution >= 0.6 is 0 Å². The van der Waals surface area contributed by atoms with Crippen LogP contribution in [0.1, 0.15) is 68.2 Å². The zero-order valence-electron chi connectivity index (χ0n) is 17.6. The maximum atomic E-state index is 11.7. The predicted octanol–water partition coefficient (Wildman–Crippen LogP) is 2.48. The van der Waals surface area contributed by atoms with E-state index in [0.29, 0.717) is 12.1 Å². The summed E-state index contributed by atoms with van der Waals surface area (Å²) >= 11 is 0. The quantitative estimate of drug-likeness (QED) is 0.521. The summed E-state index contributed by atoms with van der Waals surface area (Å²) in [5.74, 6) is -1.27. The van der Waals surface area contributed by atoms with Crippen LogP contribution in [0.5, 0.6) is 0 Å². The molecule has 0 spiro atoms. The molecule has 150 valence electrons. The monoisotopic (exact) mass is 360 g/mol. The molecule has 7 nitrogen and oxygen atoms in total. The molecule has 25 heavy (non-hydrogen) atoms. The van der Waals surface area contributed by atoms with E-state index in [1.807, 2.05) is 41.5 Å². The lowest BCUT2D eigenvalue weighted by molar-refractivity contribution is -0.131. The molecule has 0 saturated heterocycles. The fourth-order valence-corrected chi connectivity index (χ4v) is 1.50. The highest BCUT2D eigenvalue weighted by atomic mass is 16.2. The Morgan fingerprint density at radius 3 is 1.72 bits per heavy atom. The molecule has 0 radical (unpaired) electrons. The minimum atomic E-state index is -0.509. The summed E-state index contributed by atoms with van der Waals surface area (Å²) in [7, 11) is 1.49. The first-order chi connectivity index (χ1) is 11.6. The summed E-state index contributed by atoms with van der Waals surface area (Å²) in [6.07, 6.45) is 0.584. The number of carbonyl (C=O) groups is 3. The van der Waals surface area contributed by atoms with Gasteiger partial charge in [-0.1, -0.05) is 41.5 Å². The molecule has 0 fully saturated rings. The maximum Gasteiger partial charge on any atom is 0.239 e. The zero-order valence-corrected chi connectivity index (χ0v) is 17.6. The van der Waals surface area contributed by atoms with Crippen LogP contribution in [0.3, 0.4) is 0 Å². The summed E-state index contributed by atoms with van der Waals surface area (Å²) in [5.41, 5.74) is 5.76. The van der Waals surface area contributed by atoms with E-state index in [1.165, 1.54) is 7.05 Å². The molecule has 0 aromatic carbocycles. The van der Waals surface area contributed by atoms with Crippen molar-refractivity contribution < 1.29 is 14.4 Å². The van der Waals surface area contributed by atoms with Crippen molar-refractivity contribution in [2.45, 2.75) is 68.2 Å². The van der Waals surface area contributed by atoms with Gasteiger partial charge in [-0.3, -0.25) is 14.4 Å². The molecule has 0 aliphatic rings. The molecule has 3 amide bonds. The van der Waals surface area contributed by atoms with Crippen LogP contribution in [-0.4, -0.2) is 37.0 Å². The van der Waals surface area contributed by atoms with Gasteiger partial charge in [-0.15, -0.1) is 0 Å². The molecule has 0 aliphatic heterocycles. The van der Waals surface area contributed by atoms with Gasteiger partial charge in [-0.05, 0) is 26.2 Å². The van der Waals surface area contributed by atoms with Crippen molar-refractivity contribution in [3.8, 4) is 0 Å². The zero-order chi connectivity index (χ0) is 21.0. The normalized spacial score (nSPS) is 9.68. The van der Waals surface area contributed by atoms with Crippen LogP contribution in [0, 0.1) is 17.2 Å². The number of primary amides is 1. The van der Waals surface area contributed by atoms with Crippen molar-refractivity contribution in [1.29, 1.82) is 5.41 Å². The van der Waals surface area contributed by atoms with E-state index >= 15 is 0 Å². The van der Waals surface area contributed by atoms with E-state index in [0.717, 1.165) is 0 Å². The number of carbonyl (C=O) groups excluding carboxylic acids is 3. The first-order valence-electron chi connectivity index (χ1n) is 8.88. The van der Waals surface area contributed by atoms with Crippen molar-refractivity contribution in [2.75, 3.05) is 13.6 Å². The fraction of sp³-hybridized carbons (Fsp3) is 0.778. The van der Waals surface area contributed by atoms with E-state index in [9.17, 15) is 14.4 Å². The summed E-state index contributed by atoms with van der Waals surface area (Å²) < 4.78 is 0. The van der Waals surface area contributed by atoms with Crippen LogP contribution in [-0.2, 0) is 14.4 Å². The SMILES string of the molecule is CC.CC.CC(C)=N.CNC(=O)CNC(=O)[C@@H](CC(N)=O)CC(C)C. The lowest BCUT2D eigenvalue weighted by Gasteiger charge is -2.16. The number of amides is 3. The third-order valence-electron chi connectivity index (χ3n) is 2.28. The Labute approximate surface area is 154 Å². The van der Waals surface area contributed by atoms with Gasteiger partial charge in [0.25, 0.3) is 0 Å². The standard InChI is InChI=1S/C11H21N3O3.C3H7N.2C2H6/c1-7(2)4-8(5-9(12)15)11(17)14-6-10(16)13-3;1-3(2)4;2*1-2/h7-8H,4-6H2,1-3H3,(H2,12,15)(H,13,16)(H,14,17);4H,1-2H3;2*1-2H3/t8-;;;/m1.../s1. The number of rotatable bonds is 7. The average Bonchev–Trinajstić information content (AvgIpc) is 2.54. The second-order valence-electron chi connectivity index (χ2n) is 5.39. The van der Waals surface area contributed by atoms with Gasteiger partial charge in [0.05, 0.1) is 6.54 Å². The number of nitrogens with two attached hydrogens (primary N) is 1. The fourth-order valence-electron chi connectivity index (χ4n) is 1.50. The molecule has 1 atom stereocenters. The van der Waals surface area contributed by atoms with Crippen LogP contribution in [0.2, 0.25) is 0 Å². The highest BCUT2D eigenvalue weighted by molar-refractivity contribution is 5.88. The first-order valence-corrected chi connectivity index (χ1v) is 8.88. The lowest BCUT2D eigenvalue weighted by Crippen LogP contribution is -2.39. The van der Waals surface area contributed by atoms with Gasteiger partial charge in [0.15, 0.2) is 0 Å². The van der Waals surface area contributed by atoms with E-state index in [4.69, 9.17) is 11.1 Å². The lowest BCUT2D eigenvalue weighted by atomic mass is 9.93. The van der Waals surface area contributed by atoms with Crippen molar-refractivity contribution in [3.63, 3.8) is 0 Å². The number of hydrogen-bond donors (Lipinski definition) is 4. The molecule has 0 aliphatic carbocycles. The molecule has 0 aromatic rings. The molecule has 5 N–H and O–H groups in total. The highest BCUT2D eigenvalue weighted by Gasteiger charge is 2.22. The van der Waals surface area contributed by atoms with Crippen LogP contribution in [0.15, 0.2) is 0 Å². The van der Waals surface area contributed by atoms with E-state index in [-0.39, 0.29) is 30.7 Å². The summed E-state index contributed by atoms with van der Waals surface area (Å²) in [6.45, 7) is 15.3. The predicted molar refractivity (Wildman–Crippen MR) is 106 cm³/mol. The maximum absolute atomic E-state index is 11.7.